The van der Waals surface area contributed by atoms with E-state index in [1.165, 1.54) is 18.2 Å². The van der Waals surface area contributed by atoms with Gasteiger partial charge in [-0.1, -0.05) is 25.0 Å². The normalized spacial score (nSPS) is 16.2. The molecule has 4 nitrogen and oxygen atoms in total. The first kappa shape index (κ1) is 15.0. The zero-order valence-electron chi connectivity index (χ0n) is 11.1. The third-order valence-corrected chi connectivity index (χ3v) is 5.83. The molecule has 1 aromatic rings. The molecule has 0 unspecified atom stereocenters. The van der Waals surface area contributed by atoms with E-state index in [-0.39, 0.29) is 23.1 Å². The molecule has 0 saturated heterocycles. The molecule has 0 aliphatic heterocycles. The van der Waals surface area contributed by atoms with Gasteiger partial charge in [0, 0.05) is 6.42 Å². The number of carbonyl (C=O) groups is 1. The van der Waals surface area contributed by atoms with Crippen LogP contribution in [0.1, 0.15) is 32.1 Å². The zero-order chi connectivity index (χ0) is 14.6. The van der Waals surface area contributed by atoms with Gasteiger partial charge in [-0.25, -0.2) is 12.8 Å². The van der Waals surface area contributed by atoms with E-state index in [4.69, 9.17) is 0 Å². The van der Waals surface area contributed by atoms with Gasteiger partial charge in [0.1, 0.15) is 5.82 Å². The van der Waals surface area contributed by atoms with Gasteiger partial charge in [0.2, 0.25) is 5.91 Å². The third kappa shape index (κ3) is 3.79. The molecule has 0 aromatic heterocycles. The Hall–Kier alpha value is -1.43. The van der Waals surface area contributed by atoms with Crippen molar-refractivity contribution < 1.29 is 17.6 Å². The van der Waals surface area contributed by atoms with Crippen LogP contribution in [0.3, 0.4) is 0 Å². The van der Waals surface area contributed by atoms with Crippen LogP contribution in [0.5, 0.6) is 0 Å². The Labute approximate surface area is 118 Å². The largest absolute Gasteiger partial charge is 0.324 e. The maximum Gasteiger partial charge on any atom is 0.225 e. The number of para-hydroxylation sites is 1. The van der Waals surface area contributed by atoms with Gasteiger partial charge >= 0.3 is 0 Å². The lowest BCUT2D eigenvalue weighted by molar-refractivity contribution is -0.115. The van der Waals surface area contributed by atoms with Crippen LogP contribution in [0, 0.1) is 5.82 Å². The highest BCUT2D eigenvalue weighted by atomic mass is 32.2. The van der Waals surface area contributed by atoms with Gasteiger partial charge in [0.15, 0.2) is 9.84 Å². The smallest absolute Gasteiger partial charge is 0.225 e. The van der Waals surface area contributed by atoms with Crippen LogP contribution in [0.15, 0.2) is 24.3 Å². The standard InChI is InChI=1S/C14H18FNO3S/c15-12-7-3-4-8-13(12)16-14(17)9-10-20(18,19)11-5-1-2-6-11/h3-4,7-8,11H,1-2,5-6,9-10H2,(H,16,17). The monoisotopic (exact) mass is 299 g/mol. The third-order valence-electron chi connectivity index (χ3n) is 3.57. The summed E-state index contributed by atoms with van der Waals surface area (Å²) in [7, 11) is -3.21. The first-order valence-electron chi connectivity index (χ1n) is 6.75. The molecule has 0 radical (unpaired) electrons. The van der Waals surface area contributed by atoms with Crippen LogP contribution in [0.25, 0.3) is 0 Å². The molecule has 20 heavy (non-hydrogen) atoms. The molecular weight excluding hydrogens is 281 g/mol. The Morgan fingerprint density at radius 2 is 1.90 bits per heavy atom. The summed E-state index contributed by atoms with van der Waals surface area (Å²) in [6.45, 7) is 0. The number of hydrogen-bond acceptors (Lipinski definition) is 3. The van der Waals surface area contributed by atoms with Crippen molar-refractivity contribution in [2.24, 2.45) is 0 Å². The van der Waals surface area contributed by atoms with Crippen LogP contribution < -0.4 is 5.32 Å². The van der Waals surface area contributed by atoms with E-state index < -0.39 is 21.6 Å². The lowest BCUT2D eigenvalue weighted by atomic mass is 10.3. The molecule has 0 atom stereocenters. The topological polar surface area (TPSA) is 63.2 Å². The first-order chi connectivity index (χ1) is 9.49. The number of sulfone groups is 1. The van der Waals surface area contributed by atoms with Crippen molar-refractivity contribution in [1.29, 1.82) is 0 Å². The molecule has 110 valence electrons. The average molecular weight is 299 g/mol. The van der Waals surface area contributed by atoms with Gasteiger partial charge in [0.25, 0.3) is 0 Å². The maximum atomic E-state index is 13.3. The van der Waals surface area contributed by atoms with E-state index in [2.05, 4.69) is 5.32 Å². The van der Waals surface area contributed by atoms with E-state index in [1.807, 2.05) is 0 Å². The second-order valence-electron chi connectivity index (χ2n) is 5.05. The fourth-order valence-corrected chi connectivity index (χ4v) is 4.28. The first-order valence-corrected chi connectivity index (χ1v) is 8.46. The van der Waals surface area contributed by atoms with E-state index in [0.29, 0.717) is 12.8 Å². The highest BCUT2D eigenvalue weighted by Gasteiger charge is 2.28. The van der Waals surface area contributed by atoms with Gasteiger partial charge in [-0.3, -0.25) is 4.79 Å². The molecule has 2 rings (SSSR count). The Morgan fingerprint density at radius 1 is 1.25 bits per heavy atom. The minimum atomic E-state index is -3.21. The highest BCUT2D eigenvalue weighted by Crippen LogP contribution is 2.25. The molecule has 6 heteroatoms. The Bertz CT molecular complexity index is 580. The molecule has 1 fully saturated rings. The molecule has 0 spiro atoms. The van der Waals surface area contributed by atoms with Crippen molar-refractivity contribution in [3.8, 4) is 0 Å². The van der Waals surface area contributed by atoms with Crippen molar-refractivity contribution >= 4 is 21.4 Å². The number of hydrogen-bond donors (Lipinski definition) is 1. The lowest BCUT2D eigenvalue weighted by Crippen LogP contribution is -2.24. The van der Waals surface area contributed by atoms with E-state index >= 15 is 0 Å². The van der Waals surface area contributed by atoms with Crippen LogP contribution in [-0.2, 0) is 14.6 Å². The summed E-state index contributed by atoms with van der Waals surface area (Å²) in [5, 5.41) is 2.09. The van der Waals surface area contributed by atoms with Crippen molar-refractivity contribution in [2.75, 3.05) is 11.1 Å². The summed E-state index contributed by atoms with van der Waals surface area (Å²) in [6.07, 6.45) is 3.12. The van der Waals surface area contributed by atoms with Crippen molar-refractivity contribution in [3.63, 3.8) is 0 Å². The van der Waals surface area contributed by atoms with E-state index in [9.17, 15) is 17.6 Å². The van der Waals surface area contributed by atoms with Crippen LogP contribution in [0.4, 0.5) is 10.1 Å². The number of benzene rings is 1. The zero-order valence-corrected chi connectivity index (χ0v) is 12.0. The quantitative estimate of drug-likeness (QED) is 0.908. The number of anilines is 1. The maximum absolute atomic E-state index is 13.3. The summed E-state index contributed by atoms with van der Waals surface area (Å²) >= 11 is 0. The number of nitrogens with one attached hydrogen (secondary N) is 1. The van der Waals surface area contributed by atoms with Crippen molar-refractivity contribution in [1.82, 2.24) is 0 Å². The molecule has 1 aliphatic rings. The Balaban J connectivity index is 1.88. The molecule has 1 N–H and O–H groups in total. The van der Waals surface area contributed by atoms with Gasteiger partial charge in [-0.15, -0.1) is 0 Å². The second kappa shape index (κ2) is 6.35. The summed E-state index contributed by atoms with van der Waals surface area (Å²) < 4.78 is 37.3. The van der Waals surface area contributed by atoms with Crippen molar-refractivity contribution in [2.45, 2.75) is 37.4 Å². The summed E-state index contributed by atoms with van der Waals surface area (Å²) in [6, 6.07) is 5.81. The molecule has 0 bridgehead atoms. The Morgan fingerprint density at radius 3 is 2.55 bits per heavy atom. The van der Waals surface area contributed by atoms with Crippen LogP contribution in [0.2, 0.25) is 0 Å². The second-order valence-corrected chi connectivity index (χ2v) is 7.45. The fraction of sp³-hybridized carbons (Fsp3) is 0.500. The van der Waals surface area contributed by atoms with E-state index in [0.717, 1.165) is 12.8 Å². The Kier molecular flexibility index (Phi) is 4.75. The molecule has 1 aromatic carbocycles. The van der Waals surface area contributed by atoms with Gasteiger partial charge in [-0.2, -0.15) is 0 Å². The van der Waals surface area contributed by atoms with Gasteiger partial charge in [0.05, 0.1) is 16.7 Å². The predicted octanol–water partition coefficient (Wildman–Crippen LogP) is 2.51. The van der Waals surface area contributed by atoms with Crippen LogP contribution >= 0.6 is 0 Å². The predicted molar refractivity (Wildman–Crippen MR) is 75.7 cm³/mol. The summed E-state index contributed by atoms with van der Waals surface area (Å²) in [4.78, 5) is 11.7. The molecule has 1 amide bonds. The SMILES string of the molecule is O=C(CCS(=O)(=O)C1CCCC1)Nc1ccccc1F. The van der Waals surface area contributed by atoms with E-state index in [1.54, 1.807) is 6.07 Å². The average Bonchev–Trinajstić information content (AvgIpc) is 2.94. The number of halogens is 1. The molecule has 1 aliphatic carbocycles. The molecule has 0 heterocycles. The minimum Gasteiger partial charge on any atom is -0.324 e. The minimum absolute atomic E-state index is 0.0794. The number of rotatable bonds is 5. The fourth-order valence-electron chi connectivity index (χ4n) is 2.42. The summed E-state index contributed by atoms with van der Waals surface area (Å²) in [5.74, 6) is -1.17. The summed E-state index contributed by atoms with van der Waals surface area (Å²) in [5.41, 5.74) is 0.0794. The number of amides is 1. The van der Waals surface area contributed by atoms with Gasteiger partial charge < -0.3 is 5.32 Å². The molecular formula is C14H18FNO3S. The lowest BCUT2D eigenvalue weighted by Gasteiger charge is -2.11. The van der Waals surface area contributed by atoms with Gasteiger partial charge in [-0.05, 0) is 25.0 Å². The molecule has 1 saturated carbocycles. The highest BCUT2D eigenvalue weighted by molar-refractivity contribution is 7.92. The van der Waals surface area contributed by atoms with Crippen LogP contribution in [-0.4, -0.2) is 25.3 Å². The number of carbonyl (C=O) groups excluding carboxylic acids is 1. The van der Waals surface area contributed by atoms with Crippen molar-refractivity contribution in [3.05, 3.63) is 30.1 Å².